The van der Waals surface area contributed by atoms with Crippen molar-refractivity contribution in [3.05, 3.63) is 40.3 Å². The molecule has 1 amide bonds. The van der Waals surface area contributed by atoms with E-state index in [0.717, 1.165) is 19.3 Å². The largest absolute Gasteiger partial charge is 0.480 e. The molecule has 0 atom stereocenters. The van der Waals surface area contributed by atoms with Gasteiger partial charge in [-0.3, -0.25) is 9.59 Å². The molecule has 0 bridgehead atoms. The quantitative estimate of drug-likeness (QED) is 0.787. The summed E-state index contributed by atoms with van der Waals surface area (Å²) in [4.78, 5) is 36.4. The Morgan fingerprint density at radius 1 is 1.28 bits per heavy atom. The third-order valence-corrected chi connectivity index (χ3v) is 5.21. The van der Waals surface area contributed by atoms with Gasteiger partial charge in [0.2, 0.25) is 0 Å². The summed E-state index contributed by atoms with van der Waals surface area (Å²) < 4.78 is 0. The van der Waals surface area contributed by atoms with Gasteiger partial charge in [-0.25, -0.2) is 9.89 Å². The number of aromatic amines is 1. The molecular weight excluding hydrogens is 322 g/mol. The predicted molar refractivity (Wildman–Crippen MR) is 92.4 cm³/mol. The fourth-order valence-electron chi connectivity index (χ4n) is 3.54. The van der Waals surface area contributed by atoms with E-state index in [4.69, 9.17) is 0 Å². The molecule has 1 aliphatic carbocycles. The smallest absolute Gasteiger partial charge is 0.329 e. The van der Waals surface area contributed by atoms with E-state index in [0.29, 0.717) is 29.5 Å². The second kappa shape index (κ2) is 6.66. The van der Waals surface area contributed by atoms with Crippen molar-refractivity contribution in [3.63, 3.8) is 0 Å². The van der Waals surface area contributed by atoms with Crippen LogP contribution in [0.5, 0.6) is 0 Å². The third kappa shape index (κ3) is 3.14. The number of fused-ring (bicyclic) bond motifs is 1. The third-order valence-electron chi connectivity index (χ3n) is 5.21. The van der Waals surface area contributed by atoms with Gasteiger partial charge in [-0.2, -0.15) is 5.10 Å². The maximum Gasteiger partial charge on any atom is 0.329 e. The van der Waals surface area contributed by atoms with Crippen LogP contribution in [0.4, 0.5) is 0 Å². The Kier molecular flexibility index (Phi) is 4.57. The zero-order valence-corrected chi connectivity index (χ0v) is 14.0. The summed E-state index contributed by atoms with van der Waals surface area (Å²) in [5, 5.41) is 19.3. The van der Waals surface area contributed by atoms with Crippen molar-refractivity contribution < 1.29 is 14.7 Å². The molecule has 0 aliphatic heterocycles. The molecule has 1 saturated carbocycles. The van der Waals surface area contributed by atoms with Gasteiger partial charge in [-0.1, -0.05) is 31.5 Å². The molecule has 1 aromatic heterocycles. The lowest BCUT2D eigenvalue weighted by Gasteiger charge is -2.37. The molecule has 0 radical (unpaired) electrons. The predicted octanol–water partition coefficient (Wildman–Crippen LogP) is 2.08. The molecule has 0 saturated heterocycles. The van der Waals surface area contributed by atoms with E-state index in [1.54, 1.807) is 24.3 Å². The number of aromatic nitrogens is 2. The van der Waals surface area contributed by atoms with Crippen molar-refractivity contribution >= 4 is 22.6 Å². The lowest BCUT2D eigenvalue weighted by Crippen LogP contribution is -2.56. The zero-order chi connectivity index (χ0) is 18.0. The van der Waals surface area contributed by atoms with Crippen LogP contribution in [0.2, 0.25) is 0 Å². The van der Waals surface area contributed by atoms with Crippen LogP contribution in [0.25, 0.3) is 10.8 Å². The van der Waals surface area contributed by atoms with Crippen LogP contribution in [0, 0.1) is 5.92 Å². The second-order valence-corrected chi connectivity index (χ2v) is 6.64. The van der Waals surface area contributed by atoms with Crippen LogP contribution in [-0.4, -0.2) is 32.7 Å². The first-order valence-corrected chi connectivity index (χ1v) is 8.50. The number of rotatable bonds is 4. The SMILES string of the molecule is CCC1CCC(NC(=O)c2n[nH]c(=O)c3ccccc23)(C(=O)O)CC1. The Labute approximate surface area is 144 Å². The van der Waals surface area contributed by atoms with Crippen molar-refractivity contribution in [2.45, 2.75) is 44.6 Å². The lowest BCUT2D eigenvalue weighted by atomic mass is 9.75. The number of hydrogen-bond acceptors (Lipinski definition) is 4. The van der Waals surface area contributed by atoms with E-state index in [1.165, 1.54) is 0 Å². The molecule has 3 rings (SSSR count). The van der Waals surface area contributed by atoms with Crippen molar-refractivity contribution in [1.29, 1.82) is 0 Å². The first-order chi connectivity index (χ1) is 12.0. The summed E-state index contributed by atoms with van der Waals surface area (Å²) in [6.07, 6.45) is 3.34. The highest BCUT2D eigenvalue weighted by Gasteiger charge is 2.43. The molecule has 0 unspecified atom stereocenters. The zero-order valence-electron chi connectivity index (χ0n) is 14.0. The van der Waals surface area contributed by atoms with Gasteiger partial charge < -0.3 is 10.4 Å². The Bertz CT molecular complexity index is 866. The number of benzene rings is 1. The van der Waals surface area contributed by atoms with Crippen molar-refractivity contribution in [1.82, 2.24) is 15.5 Å². The molecule has 1 aromatic carbocycles. The Morgan fingerprint density at radius 2 is 1.92 bits per heavy atom. The first kappa shape index (κ1) is 17.1. The first-order valence-electron chi connectivity index (χ1n) is 8.50. The average molecular weight is 343 g/mol. The van der Waals surface area contributed by atoms with Gasteiger partial charge >= 0.3 is 5.97 Å². The minimum absolute atomic E-state index is 0.0356. The number of carbonyl (C=O) groups is 2. The summed E-state index contributed by atoms with van der Waals surface area (Å²) in [5.41, 5.74) is -1.63. The number of amides is 1. The van der Waals surface area contributed by atoms with Gasteiger partial charge in [0.25, 0.3) is 11.5 Å². The van der Waals surface area contributed by atoms with Crippen molar-refractivity contribution in [2.24, 2.45) is 5.92 Å². The van der Waals surface area contributed by atoms with Gasteiger partial charge in [0.05, 0.1) is 5.39 Å². The molecule has 7 nitrogen and oxygen atoms in total. The van der Waals surface area contributed by atoms with Gasteiger partial charge in [0, 0.05) is 5.39 Å². The molecule has 132 valence electrons. The van der Waals surface area contributed by atoms with Crippen LogP contribution in [0.15, 0.2) is 29.1 Å². The minimum Gasteiger partial charge on any atom is -0.480 e. The molecule has 1 aliphatic rings. The molecule has 0 spiro atoms. The van der Waals surface area contributed by atoms with Gasteiger partial charge in [0.1, 0.15) is 5.54 Å². The fourth-order valence-corrected chi connectivity index (χ4v) is 3.54. The number of carboxylic acid groups (broad SMARTS) is 1. The number of hydrogen-bond donors (Lipinski definition) is 3. The fraction of sp³-hybridized carbons (Fsp3) is 0.444. The Hall–Kier alpha value is -2.70. The number of nitrogens with zero attached hydrogens (tertiary/aromatic N) is 1. The number of nitrogens with one attached hydrogen (secondary N) is 2. The normalized spacial score (nSPS) is 23.3. The number of carboxylic acids is 1. The molecule has 2 aromatic rings. The van der Waals surface area contributed by atoms with Crippen LogP contribution in [0.3, 0.4) is 0 Å². The van der Waals surface area contributed by atoms with Crippen LogP contribution in [-0.2, 0) is 4.79 Å². The maximum atomic E-state index is 12.7. The second-order valence-electron chi connectivity index (χ2n) is 6.64. The van der Waals surface area contributed by atoms with Crippen molar-refractivity contribution in [3.8, 4) is 0 Å². The minimum atomic E-state index is -1.28. The topological polar surface area (TPSA) is 112 Å². The highest BCUT2D eigenvalue weighted by Crippen LogP contribution is 2.34. The number of H-pyrrole nitrogens is 1. The van der Waals surface area contributed by atoms with Crippen LogP contribution < -0.4 is 10.9 Å². The summed E-state index contributed by atoms with van der Waals surface area (Å²) in [5.74, 6) is -1.11. The molecule has 1 heterocycles. The van der Waals surface area contributed by atoms with Crippen LogP contribution >= 0.6 is 0 Å². The van der Waals surface area contributed by atoms with E-state index >= 15 is 0 Å². The highest BCUT2D eigenvalue weighted by molar-refractivity contribution is 6.06. The standard InChI is InChI=1S/C18H21N3O4/c1-2-11-7-9-18(10-8-11,17(24)25)19-16(23)14-12-5-3-4-6-13(12)15(22)21-20-14/h3-6,11H,2,7-10H2,1H3,(H,19,23)(H,21,22)(H,24,25). The van der Waals surface area contributed by atoms with E-state index < -0.39 is 17.4 Å². The summed E-state index contributed by atoms with van der Waals surface area (Å²) in [7, 11) is 0. The van der Waals surface area contributed by atoms with E-state index in [9.17, 15) is 19.5 Å². The Morgan fingerprint density at radius 3 is 2.52 bits per heavy atom. The number of aliphatic carboxylic acids is 1. The molecule has 25 heavy (non-hydrogen) atoms. The number of carbonyl (C=O) groups excluding carboxylic acids is 1. The molecule has 7 heteroatoms. The Balaban J connectivity index is 1.92. The van der Waals surface area contributed by atoms with Crippen LogP contribution in [0.1, 0.15) is 49.5 Å². The van der Waals surface area contributed by atoms with Crippen molar-refractivity contribution in [2.75, 3.05) is 0 Å². The van der Waals surface area contributed by atoms with E-state index in [2.05, 4.69) is 22.4 Å². The van der Waals surface area contributed by atoms with E-state index in [-0.39, 0.29) is 11.3 Å². The summed E-state index contributed by atoms with van der Waals surface area (Å²) in [6, 6.07) is 6.64. The molecular formula is C18H21N3O4. The van der Waals surface area contributed by atoms with Gasteiger partial charge in [0.15, 0.2) is 5.69 Å². The summed E-state index contributed by atoms with van der Waals surface area (Å²) in [6.45, 7) is 2.09. The molecule has 3 N–H and O–H groups in total. The highest BCUT2D eigenvalue weighted by atomic mass is 16.4. The molecule has 1 fully saturated rings. The maximum absolute atomic E-state index is 12.7. The monoisotopic (exact) mass is 343 g/mol. The van der Waals surface area contributed by atoms with Gasteiger partial charge in [-0.05, 0) is 37.7 Å². The van der Waals surface area contributed by atoms with E-state index in [1.807, 2.05) is 0 Å². The lowest BCUT2D eigenvalue weighted by molar-refractivity contribution is -0.146. The van der Waals surface area contributed by atoms with Gasteiger partial charge in [-0.15, -0.1) is 0 Å². The average Bonchev–Trinajstić information content (AvgIpc) is 2.62. The summed E-state index contributed by atoms with van der Waals surface area (Å²) >= 11 is 0.